The standard InChI is InChI=1S/C14H15N/c1-2-7-13-10-6-11-14(15-13)12-8-4-3-5-9-12/h3-6,8-11H,2,7H2,1H3. The number of hydrogen-bond donors (Lipinski definition) is 0. The second-order valence-electron chi connectivity index (χ2n) is 3.63. The first-order chi connectivity index (χ1) is 7.40. The minimum absolute atomic E-state index is 1.06. The van der Waals surface area contributed by atoms with Gasteiger partial charge in [0.1, 0.15) is 0 Å². The van der Waals surface area contributed by atoms with E-state index in [-0.39, 0.29) is 0 Å². The van der Waals surface area contributed by atoms with E-state index in [2.05, 4.69) is 42.2 Å². The third-order valence-corrected chi connectivity index (χ3v) is 2.38. The number of aryl methyl sites for hydroxylation is 1. The first kappa shape index (κ1) is 9.91. The quantitative estimate of drug-likeness (QED) is 0.731. The second kappa shape index (κ2) is 4.74. The van der Waals surface area contributed by atoms with E-state index in [0.717, 1.165) is 18.5 Å². The van der Waals surface area contributed by atoms with E-state index in [9.17, 15) is 0 Å². The zero-order valence-electron chi connectivity index (χ0n) is 8.98. The Hall–Kier alpha value is -1.63. The molecule has 0 amide bonds. The van der Waals surface area contributed by atoms with Gasteiger partial charge in [-0.15, -0.1) is 0 Å². The molecule has 0 atom stereocenters. The van der Waals surface area contributed by atoms with Crippen molar-refractivity contribution in [3.63, 3.8) is 0 Å². The predicted octanol–water partition coefficient (Wildman–Crippen LogP) is 3.70. The maximum Gasteiger partial charge on any atom is 0.0705 e. The van der Waals surface area contributed by atoms with Gasteiger partial charge in [0.2, 0.25) is 0 Å². The number of aromatic nitrogens is 1. The fourth-order valence-electron chi connectivity index (χ4n) is 1.64. The zero-order chi connectivity index (χ0) is 10.5. The molecular formula is C14H15N. The van der Waals surface area contributed by atoms with Gasteiger partial charge in [-0.3, -0.25) is 4.98 Å². The van der Waals surface area contributed by atoms with Crippen LogP contribution in [0.2, 0.25) is 0 Å². The van der Waals surface area contributed by atoms with Crippen LogP contribution in [-0.4, -0.2) is 4.98 Å². The highest BCUT2D eigenvalue weighted by atomic mass is 14.7. The van der Waals surface area contributed by atoms with Gasteiger partial charge in [-0.1, -0.05) is 49.7 Å². The average molecular weight is 197 g/mol. The molecule has 0 bridgehead atoms. The summed E-state index contributed by atoms with van der Waals surface area (Å²) in [5.41, 5.74) is 3.44. The molecule has 0 aliphatic heterocycles. The van der Waals surface area contributed by atoms with Crippen LogP contribution in [0.3, 0.4) is 0 Å². The third-order valence-electron chi connectivity index (χ3n) is 2.38. The van der Waals surface area contributed by atoms with Gasteiger partial charge in [-0.05, 0) is 18.6 Å². The highest BCUT2D eigenvalue weighted by Crippen LogP contribution is 2.16. The minimum atomic E-state index is 1.06. The molecule has 1 aromatic heterocycles. The second-order valence-corrected chi connectivity index (χ2v) is 3.63. The summed E-state index contributed by atoms with van der Waals surface area (Å²) in [5.74, 6) is 0. The largest absolute Gasteiger partial charge is 0.253 e. The third kappa shape index (κ3) is 2.44. The Morgan fingerprint density at radius 1 is 0.933 bits per heavy atom. The van der Waals surface area contributed by atoms with E-state index in [4.69, 9.17) is 0 Å². The summed E-state index contributed by atoms with van der Waals surface area (Å²) >= 11 is 0. The molecule has 0 unspecified atom stereocenters. The zero-order valence-corrected chi connectivity index (χ0v) is 8.98. The van der Waals surface area contributed by atoms with E-state index in [1.807, 2.05) is 18.2 Å². The number of benzene rings is 1. The van der Waals surface area contributed by atoms with Crippen molar-refractivity contribution < 1.29 is 0 Å². The predicted molar refractivity (Wildman–Crippen MR) is 63.7 cm³/mol. The lowest BCUT2D eigenvalue weighted by atomic mass is 10.1. The molecule has 76 valence electrons. The van der Waals surface area contributed by atoms with Crippen LogP contribution in [0.25, 0.3) is 11.3 Å². The summed E-state index contributed by atoms with van der Waals surface area (Å²) in [5, 5.41) is 0. The molecule has 1 heteroatoms. The first-order valence-electron chi connectivity index (χ1n) is 5.41. The molecule has 0 fully saturated rings. The van der Waals surface area contributed by atoms with Gasteiger partial charge in [-0.2, -0.15) is 0 Å². The summed E-state index contributed by atoms with van der Waals surface area (Å²) in [6.45, 7) is 2.18. The molecule has 15 heavy (non-hydrogen) atoms. The normalized spacial score (nSPS) is 10.2. The molecule has 0 aliphatic rings. The van der Waals surface area contributed by atoms with Gasteiger partial charge in [0.25, 0.3) is 0 Å². The molecule has 0 radical (unpaired) electrons. The van der Waals surface area contributed by atoms with Crippen LogP contribution in [0.15, 0.2) is 48.5 Å². The highest BCUT2D eigenvalue weighted by molar-refractivity contribution is 5.58. The van der Waals surface area contributed by atoms with Crippen LogP contribution in [0.5, 0.6) is 0 Å². The number of rotatable bonds is 3. The Labute approximate surface area is 90.8 Å². The SMILES string of the molecule is CCCc1cccc(-c2ccccc2)n1. The Morgan fingerprint density at radius 3 is 2.47 bits per heavy atom. The van der Waals surface area contributed by atoms with Crippen molar-refractivity contribution in [3.05, 3.63) is 54.2 Å². The van der Waals surface area contributed by atoms with Crippen LogP contribution in [0, 0.1) is 0 Å². The monoisotopic (exact) mass is 197 g/mol. The summed E-state index contributed by atoms with van der Waals surface area (Å²) in [6, 6.07) is 16.5. The molecule has 1 aromatic carbocycles. The van der Waals surface area contributed by atoms with Crippen LogP contribution >= 0.6 is 0 Å². The lowest BCUT2D eigenvalue weighted by molar-refractivity contribution is 0.884. The molecule has 0 aliphatic carbocycles. The summed E-state index contributed by atoms with van der Waals surface area (Å²) in [7, 11) is 0. The van der Waals surface area contributed by atoms with Crippen LogP contribution < -0.4 is 0 Å². The molecule has 0 spiro atoms. The first-order valence-corrected chi connectivity index (χ1v) is 5.41. The summed E-state index contributed by atoms with van der Waals surface area (Å²) < 4.78 is 0. The topological polar surface area (TPSA) is 12.9 Å². The minimum Gasteiger partial charge on any atom is -0.253 e. The van der Waals surface area contributed by atoms with Gasteiger partial charge < -0.3 is 0 Å². The van der Waals surface area contributed by atoms with Gasteiger partial charge in [-0.25, -0.2) is 0 Å². The smallest absolute Gasteiger partial charge is 0.0705 e. The van der Waals surface area contributed by atoms with Gasteiger partial charge in [0.15, 0.2) is 0 Å². The van der Waals surface area contributed by atoms with Crippen molar-refractivity contribution >= 4 is 0 Å². The Bertz CT molecular complexity index is 420. The molecule has 2 aromatic rings. The van der Waals surface area contributed by atoms with Crippen molar-refractivity contribution in [2.45, 2.75) is 19.8 Å². The molecule has 1 nitrogen and oxygen atoms in total. The maximum atomic E-state index is 4.63. The lowest BCUT2D eigenvalue weighted by Crippen LogP contribution is -1.90. The van der Waals surface area contributed by atoms with E-state index < -0.39 is 0 Å². The fourth-order valence-corrected chi connectivity index (χ4v) is 1.64. The van der Waals surface area contributed by atoms with Crippen molar-refractivity contribution in [3.8, 4) is 11.3 Å². The van der Waals surface area contributed by atoms with Crippen molar-refractivity contribution in [1.29, 1.82) is 0 Å². The van der Waals surface area contributed by atoms with E-state index in [1.165, 1.54) is 11.3 Å². The van der Waals surface area contributed by atoms with Gasteiger partial charge in [0, 0.05) is 11.3 Å². The van der Waals surface area contributed by atoms with Crippen molar-refractivity contribution in [1.82, 2.24) is 4.98 Å². The van der Waals surface area contributed by atoms with Gasteiger partial charge in [0.05, 0.1) is 5.69 Å². The number of hydrogen-bond acceptors (Lipinski definition) is 1. The number of pyridine rings is 1. The van der Waals surface area contributed by atoms with Crippen molar-refractivity contribution in [2.24, 2.45) is 0 Å². The van der Waals surface area contributed by atoms with E-state index in [0.29, 0.717) is 0 Å². The Morgan fingerprint density at radius 2 is 1.73 bits per heavy atom. The molecule has 0 N–H and O–H groups in total. The van der Waals surface area contributed by atoms with Gasteiger partial charge >= 0.3 is 0 Å². The molecule has 0 saturated heterocycles. The lowest BCUT2D eigenvalue weighted by Gasteiger charge is -2.03. The molecule has 0 saturated carbocycles. The summed E-state index contributed by atoms with van der Waals surface area (Å²) in [6.07, 6.45) is 2.20. The summed E-state index contributed by atoms with van der Waals surface area (Å²) in [4.78, 5) is 4.63. The molecule has 1 heterocycles. The maximum absolute atomic E-state index is 4.63. The Kier molecular flexibility index (Phi) is 3.13. The molecule has 2 rings (SSSR count). The fraction of sp³-hybridized carbons (Fsp3) is 0.214. The van der Waals surface area contributed by atoms with Crippen LogP contribution in [0.1, 0.15) is 19.0 Å². The van der Waals surface area contributed by atoms with Crippen LogP contribution in [-0.2, 0) is 6.42 Å². The van der Waals surface area contributed by atoms with E-state index >= 15 is 0 Å². The number of nitrogens with zero attached hydrogens (tertiary/aromatic N) is 1. The van der Waals surface area contributed by atoms with Crippen molar-refractivity contribution in [2.75, 3.05) is 0 Å². The van der Waals surface area contributed by atoms with E-state index in [1.54, 1.807) is 0 Å². The molecular weight excluding hydrogens is 182 g/mol. The Balaban J connectivity index is 2.33. The van der Waals surface area contributed by atoms with Crippen LogP contribution in [0.4, 0.5) is 0 Å². The average Bonchev–Trinajstić information content (AvgIpc) is 2.31. The highest BCUT2D eigenvalue weighted by Gasteiger charge is 1.99.